The van der Waals surface area contributed by atoms with Gasteiger partial charge in [0.1, 0.15) is 5.75 Å². The molecule has 0 spiro atoms. The van der Waals surface area contributed by atoms with Gasteiger partial charge in [0.25, 0.3) is 0 Å². The largest absolute Gasteiger partial charge is 0.494 e. The first-order valence-corrected chi connectivity index (χ1v) is 7.42. The van der Waals surface area contributed by atoms with E-state index < -0.39 is 5.97 Å². The SMILES string of the molecule is CCCCOc1ccc(-c2nnn(CCCC(=O)O)n2)cc1. The van der Waals surface area contributed by atoms with Crippen LogP contribution in [0.15, 0.2) is 24.3 Å². The molecular weight excluding hydrogens is 284 g/mol. The summed E-state index contributed by atoms with van der Waals surface area (Å²) in [5.74, 6) is 0.528. The highest BCUT2D eigenvalue weighted by Crippen LogP contribution is 2.19. The fraction of sp³-hybridized carbons (Fsp3) is 0.467. The zero-order valence-electron chi connectivity index (χ0n) is 12.6. The predicted molar refractivity (Wildman–Crippen MR) is 80.5 cm³/mol. The molecule has 1 aromatic carbocycles. The Kier molecular flexibility index (Phi) is 5.88. The van der Waals surface area contributed by atoms with E-state index in [0.29, 0.717) is 25.4 Å². The Bertz CT molecular complexity index is 595. The number of nitrogens with zero attached hydrogens (tertiary/aromatic N) is 4. The average Bonchev–Trinajstić information content (AvgIpc) is 2.97. The molecule has 0 aliphatic rings. The van der Waals surface area contributed by atoms with Crippen molar-refractivity contribution in [1.29, 1.82) is 0 Å². The van der Waals surface area contributed by atoms with Crippen molar-refractivity contribution in [2.45, 2.75) is 39.2 Å². The molecule has 1 aromatic heterocycles. The van der Waals surface area contributed by atoms with Gasteiger partial charge in [0.15, 0.2) is 0 Å². The maximum absolute atomic E-state index is 10.5. The topological polar surface area (TPSA) is 90.1 Å². The number of ether oxygens (including phenoxy) is 1. The second kappa shape index (κ2) is 8.11. The summed E-state index contributed by atoms with van der Waals surface area (Å²) in [6, 6.07) is 7.55. The van der Waals surface area contributed by atoms with Crippen LogP contribution in [0, 0.1) is 0 Å². The maximum atomic E-state index is 10.5. The van der Waals surface area contributed by atoms with E-state index in [4.69, 9.17) is 9.84 Å². The maximum Gasteiger partial charge on any atom is 0.303 e. The molecule has 0 atom stereocenters. The van der Waals surface area contributed by atoms with Gasteiger partial charge in [-0.15, -0.1) is 10.2 Å². The minimum atomic E-state index is -0.820. The van der Waals surface area contributed by atoms with E-state index in [9.17, 15) is 4.79 Å². The van der Waals surface area contributed by atoms with Crippen molar-refractivity contribution in [2.24, 2.45) is 0 Å². The molecule has 7 heteroatoms. The fourth-order valence-corrected chi connectivity index (χ4v) is 1.86. The molecule has 118 valence electrons. The second-order valence-corrected chi connectivity index (χ2v) is 4.93. The van der Waals surface area contributed by atoms with E-state index in [2.05, 4.69) is 22.3 Å². The van der Waals surface area contributed by atoms with Crippen LogP contribution in [-0.2, 0) is 11.3 Å². The molecule has 7 nitrogen and oxygen atoms in total. The molecule has 22 heavy (non-hydrogen) atoms. The van der Waals surface area contributed by atoms with Gasteiger partial charge >= 0.3 is 5.97 Å². The first-order chi connectivity index (χ1) is 10.7. The third kappa shape index (κ3) is 4.83. The molecule has 0 aliphatic carbocycles. The van der Waals surface area contributed by atoms with E-state index in [1.54, 1.807) is 0 Å². The van der Waals surface area contributed by atoms with E-state index in [1.807, 2.05) is 24.3 Å². The Hall–Kier alpha value is -2.44. The van der Waals surface area contributed by atoms with Gasteiger partial charge < -0.3 is 9.84 Å². The minimum absolute atomic E-state index is 0.0979. The molecular formula is C15H20N4O3. The van der Waals surface area contributed by atoms with Gasteiger partial charge in [-0.2, -0.15) is 4.80 Å². The smallest absolute Gasteiger partial charge is 0.303 e. The molecule has 0 bridgehead atoms. The van der Waals surface area contributed by atoms with E-state index in [1.165, 1.54) is 4.80 Å². The van der Waals surface area contributed by atoms with Crippen molar-refractivity contribution in [3.05, 3.63) is 24.3 Å². The molecule has 1 N–H and O–H groups in total. The number of aliphatic carboxylic acids is 1. The molecule has 0 aliphatic heterocycles. The van der Waals surface area contributed by atoms with Gasteiger partial charge in [-0.1, -0.05) is 13.3 Å². The number of benzene rings is 1. The van der Waals surface area contributed by atoms with Crippen LogP contribution in [0.1, 0.15) is 32.6 Å². The van der Waals surface area contributed by atoms with Crippen molar-refractivity contribution in [3.63, 3.8) is 0 Å². The number of hydrogen-bond acceptors (Lipinski definition) is 5. The summed E-state index contributed by atoms with van der Waals surface area (Å²) in [4.78, 5) is 11.9. The minimum Gasteiger partial charge on any atom is -0.494 e. The van der Waals surface area contributed by atoms with Crippen LogP contribution in [0.5, 0.6) is 5.75 Å². The highest BCUT2D eigenvalue weighted by atomic mass is 16.5. The first-order valence-electron chi connectivity index (χ1n) is 7.42. The molecule has 2 rings (SSSR count). The van der Waals surface area contributed by atoms with E-state index in [-0.39, 0.29) is 6.42 Å². The van der Waals surface area contributed by atoms with Crippen LogP contribution in [0.3, 0.4) is 0 Å². The predicted octanol–water partition coefficient (Wildman–Crippen LogP) is 2.38. The molecule has 0 fully saturated rings. The lowest BCUT2D eigenvalue weighted by atomic mass is 10.2. The van der Waals surface area contributed by atoms with Crippen LogP contribution in [0.4, 0.5) is 0 Å². The highest BCUT2D eigenvalue weighted by Gasteiger charge is 2.07. The van der Waals surface area contributed by atoms with Crippen LogP contribution >= 0.6 is 0 Å². The number of tetrazole rings is 1. The van der Waals surface area contributed by atoms with Gasteiger partial charge in [0.2, 0.25) is 5.82 Å². The summed E-state index contributed by atoms with van der Waals surface area (Å²) in [5, 5.41) is 20.8. The molecule has 0 unspecified atom stereocenters. The zero-order chi connectivity index (χ0) is 15.8. The van der Waals surface area contributed by atoms with Gasteiger partial charge in [-0.05, 0) is 42.3 Å². The van der Waals surface area contributed by atoms with Crippen molar-refractivity contribution < 1.29 is 14.6 Å². The Morgan fingerprint density at radius 2 is 2.05 bits per heavy atom. The summed E-state index contributed by atoms with van der Waals surface area (Å²) in [7, 11) is 0. The molecule has 2 aromatic rings. The summed E-state index contributed by atoms with van der Waals surface area (Å²) < 4.78 is 5.60. The molecule has 0 amide bonds. The van der Waals surface area contributed by atoms with Crippen molar-refractivity contribution in [3.8, 4) is 17.1 Å². The molecule has 0 saturated carbocycles. The Morgan fingerprint density at radius 3 is 2.73 bits per heavy atom. The number of aryl methyl sites for hydroxylation is 1. The fourth-order valence-electron chi connectivity index (χ4n) is 1.86. The zero-order valence-corrected chi connectivity index (χ0v) is 12.6. The third-order valence-electron chi connectivity index (χ3n) is 3.08. The first kappa shape index (κ1) is 15.9. The van der Waals surface area contributed by atoms with Crippen molar-refractivity contribution >= 4 is 5.97 Å². The van der Waals surface area contributed by atoms with Gasteiger partial charge in [-0.3, -0.25) is 4.79 Å². The quantitative estimate of drug-likeness (QED) is 0.715. The summed E-state index contributed by atoms with van der Waals surface area (Å²) in [6.07, 6.45) is 2.72. The van der Waals surface area contributed by atoms with Crippen LogP contribution in [0.25, 0.3) is 11.4 Å². The summed E-state index contributed by atoms with van der Waals surface area (Å²) in [5.41, 5.74) is 0.854. The van der Waals surface area contributed by atoms with Crippen LogP contribution < -0.4 is 4.74 Å². The molecule has 0 saturated heterocycles. The molecule has 1 heterocycles. The molecule has 0 radical (unpaired) electrons. The average molecular weight is 304 g/mol. The number of carboxylic acid groups (broad SMARTS) is 1. The van der Waals surface area contributed by atoms with E-state index in [0.717, 1.165) is 24.2 Å². The van der Waals surface area contributed by atoms with Gasteiger partial charge in [0.05, 0.1) is 13.2 Å². The number of hydrogen-bond donors (Lipinski definition) is 1. The summed E-state index contributed by atoms with van der Waals surface area (Å²) >= 11 is 0. The number of rotatable bonds is 9. The van der Waals surface area contributed by atoms with E-state index >= 15 is 0 Å². The Balaban J connectivity index is 1.91. The monoisotopic (exact) mass is 304 g/mol. The van der Waals surface area contributed by atoms with Gasteiger partial charge in [-0.25, -0.2) is 0 Å². The number of aromatic nitrogens is 4. The second-order valence-electron chi connectivity index (χ2n) is 4.93. The lowest BCUT2D eigenvalue weighted by molar-refractivity contribution is -0.137. The normalized spacial score (nSPS) is 10.6. The van der Waals surface area contributed by atoms with Gasteiger partial charge in [0, 0.05) is 12.0 Å². The standard InChI is InChI=1S/C15H20N4O3/c1-2-3-11-22-13-8-6-12(7-9-13)15-16-18-19(17-15)10-4-5-14(20)21/h6-9H,2-5,10-11H2,1H3,(H,20,21). The Labute approximate surface area is 128 Å². The highest BCUT2D eigenvalue weighted by molar-refractivity contribution is 5.66. The van der Waals surface area contributed by atoms with Crippen molar-refractivity contribution in [1.82, 2.24) is 20.2 Å². The van der Waals surface area contributed by atoms with Crippen molar-refractivity contribution in [2.75, 3.05) is 6.61 Å². The Morgan fingerprint density at radius 1 is 1.27 bits per heavy atom. The summed E-state index contributed by atoms with van der Waals surface area (Å²) in [6.45, 7) is 3.28. The number of unbranched alkanes of at least 4 members (excludes halogenated alkanes) is 1. The lowest BCUT2D eigenvalue weighted by Crippen LogP contribution is -2.05. The number of carboxylic acids is 1. The lowest BCUT2D eigenvalue weighted by Gasteiger charge is -2.05. The van der Waals surface area contributed by atoms with Crippen LogP contribution in [0.2, 0.25) is 0 Å². The number of carbonyl (C=O) groups is 1. The van der Waals surface area contributed by atoms with Crippen LogP contribution in [-0.4, -0.2) is 37.9 Å². The third-order valence-corrected chi connectivity index (χ3v) is 3.08.